The van der Waals surface area contributed by atoms with E-state index in [4.69, 9.17) is 9.47 Å². The van der Waals surface area contributed by atoms with Gasteiger partial charge < -0.3 is 14.6 Å². The van der Waals surface area contributed by atoms with Gasteiger partial charge in [0.1, 0.15) is 12.2 Å². The number of esters is 2. The quantitative estimate of drug-likeness (QED) is 0.473. The Kier molecular flexibility index (Phi) is 6.01. The summed E-state index contributed by atoms with van der Waals surface area (Å²) in [6, 6.07) is 0. The maximum absolute atomic E-state index is 12.3. The summed E-state index contributed by atoms with van der Waals surface area (Å²) >= 11 is 0. The highest BCUT2D eigenvalue weighted by atomic mass is 16.6. The summed E-state index contributed by atoms with van der Waals surface area (Å²) in [5.41, 5.74) is 2.62. The highest BCUT2D eigenvalue weighted by Crippen LogP contribution is 2.36. The monoisotopic (exact) mass is 346 g/mol. The van der Waals surface area contributed by atoms with E-state index in [-0.39, 0.29) is 0 Å². The summed E-state index contributed by atoms with van der Waals surface area (Å²) in [6.45, 7) is 11.1. The first kappa shape index (κ1) is 19.2. The van der Waals surface area contributed by atoms with Crippen LogP contribution in [0.2, 0.25) is 0 Å². The average Bonchev–Trinajstić information content (AvgIpc) is 2.78. The van der Waals surface area contributed by atoms with E-state index in [0.29, 0.717) is 24.0 Å². The lowest BCUT2D eigenvalue weighted by Crippen LogP contribution is -2.34. The Bertz CT molecular complexity index is 668. The highest BCUT2D eigenvalue weighted by molar-refractivity contribution is 5.92. The van der Waals surface area contributed by atoms with Crippen LogP contribution in [0.5, 0.6) is 0 Å². The Morgan fingerprint density at radius 2 is 1.96 bits per heavy atom. The lowest BCUT2D eigenvalue weighted by Gasteiger charge is -2.28. The van der Waals surface area contributed by atoms with Gasteiger partial charge in [0, 0.05) is 17.6 Å². The molecule has 1 aliphatic heterocycles. The third-order valence-corrected chi connectivity index (χ3v) is 4.66. The molecule has 4 unspecified atom stereocenters. The SMILES string of the molecule is C=C1C(=O)OC2C=C(C)CC(O)C=C(C)CC(OC(=O)C(C)=CC)C12. The molecule has 0 amide bonds. The Labute approximate surface area is 148 Å². The number of fused-ring (bicyclic) bond motifs is 1. The Hall–Kier alpha value is -2.14. The number of rotatable bonds is 2. The summed E-state index contributed by atoms with van der Waals surface area (Å²) < 4.78 is 11.1. The van der Waals surface area contributed by atoms with Gasteiger partial charge in [-0.3, -0.25) is 0 Å². The van der Waals surface area contributed by atoms with Gasteiger partial charge in [0.25, 0.3) is 0 Å². The number of hydrogen-bond acceptors (Lipinski definition) is 5. The zero-order valence-electron chi connectivity index (χ0n) is 15.2. The normalized spacial score (nSPS) is 30.8. The van der Waals surface area contributed by atoms with Crippen molar-refractivity contribution in [1.29, 1.82) is 0 Å². The molecule has 0 bridgehead atoms. The molecular formula is C20H26O5. The molecule has 25 heavy (non-hydrogen) atoms. The fraction of sp³-hybridized carbons (Fsp3) is 0.500. The molecule has 0 saturated carbocycles. The van der Waals surface area contributed by atoms with E-state index in [1.165, 1.54) is 0 Å². The third-order valence-electron chi connectivity index (χ3n) is 4.66. The molecule has 136 valence electrons. The van der Waals surface area contributed by atoms with E-state index in [0.717, 1.165) is 11.1 Å². The first-order valence-corrected chi connectivity index (χ1v) is 8.49. The second-order valence-electron chi connectivity index (χ2n) is 6.84. The van der Waals surface area contributed by atoms with Crippen LogP contribution in [0.3, 0.4) is 0 Å². The van der Waals surface area contributed by atoms with Crippen LogP contribution in [0, 0.1) is 5.92 Å². The van der Waals surface area contributed by atoms with Crippen LogP contribution >= 0.6 is 0 Å². The number of hydrogen-bond donors (Lipinski definition) is 1. The molecule has 5 nitrogen and oxygen atoms in total. The van der Waals surface area contributed by atoms with Crippen LogP contribution in [0.15, 0.2) is 47.1 Å². The molecule has 0 aromatic heterocycles. The van der Waals surface area contributed by atoms with Crippen LogP contribution < -0.4 is 0 Å². The molecule has 4 atom stereocenters. The van der Waals surface area contributed by atoms with E-state index < -0.39 is 36.2 Å². The van der Waals surface area contributed by atoms with Gasteiger partial charge in [-0.1, -0.05) is 29.9 Å². The summed E-state index contributed by atoms with van der Waals surface area (Å²) in [4.78, 5) is 24.3. The Morgan fingerprint density at radius 3 is 2.60 bits per heavy atom. The second kappa shape index (κ2) is 7.83. The maximum Gasteiger partial charge on any atom is 0.334 e. The van der Waals surface area contributed by atoms with Crippen molar-refractivity contribution in [3.63, 3.8) is 0 Å². The van der Waals surface area contributed by atoms with Crippen molar-refractivity contribution in [3.8, 4) is 0 Å². The lowest BCUT2D eigenvalue weighted by molar-refractivity contribution is -0.147. The molecule has 0 aromatic carbocycles. The first-order valence-electron chi connectivity index (χ1n) is 8.49. The Balaban J connectivity index is 2.42. The molecule has 2 rings (SSSR count). The molecule has 0 aromatic rings. The van der Waals surface area contributed by atoms with Crippen molar-refractivity contribution in [3.05, 3.63) is 47.1 Å². The van der Waals surface area contributed by atoms with Crippen molar-refractivity contribution < 1.29 is 24.2 Å². The highest BCUT2D eigenvalue weighted by Gasteiger charge is 2.44. The van der Waals surface area contributed by atoms with Crippen LogP contribution in [0.25, 0.3) is 0 Å². The summed E-state index contributed by atoms with van der Waals surface area (Å²) in [6.07, 6.45) is 4.39. The Morgan fingerprint density at radius 1 is 1.32 bits per heavy atom. The number of aliphatic hydroxyl groups excluding tert-OH is 1. The first-order chi connectivity index (χ1) is 11.7. The fourth-order valence-corrected chi connectivity index (χ4v) is 3.22. The van der Waals surface area contributed by atoms with Crippen molar-refractivity contribution in [2.24, 2.45) is 5.92 Å². The van der Waals surface area contributed by atoms with E-state index in [1.54, 1.807) is 26.0 Å². The van der Waals surface area contributed by atoms with Gasteiger partial charge in [0.05, 0.1) is 12.0 Å². The van der Waals surface area contributed by atoms with Gasteiger partial charge in [-0.2, -0.15) is 0 Å². The summed E-state index contributed by atoms with van der Waals surface area (Å²) in [5.74, 6) is -1.33. The largest absolute Gasteiger partial charge is 0.458 e. The van der Waals surface area contributed by atoms with Gasteiger partial charge in [0.15, 0.2) is 0 Å². The van der Waals surface area contributed by atoms with Crippen molar-refractivity contribution in [2.75, 3.05) is 0 Å². The fourth-order valence-electron chi connectivity index (χ4n) is 3.22. The lowest BCUT2D eigenvalue weighted by atomic mass is 9.85. The zero-order chi connectivity index (χ0) is 18.7. The molecule has 2 aliphatic rings. The number of carbonyl (C=O) groups is 2. The average molecular weight is 346 g/mol. The molecular weight excluding hydrogens is 320 g/mol. The number of aliphatic hydroxyl groups is 1. The number of carbonyl (C=O) groups excluding carboxylic acids is 2. The topological polar surface area (TPSA) is 72.8 Å². The minimum Gasteiger partial charge on any atom is -0.458 e. The minimum absolute atomic E-state index is 0.318. The smallest absolute Gasteiger partial charge is 0.334 e. The molecule has 0 radical (unpaired) electrons. The molecule has 1 aliphatic carbocycles. The number of allylic oxidation sites excluding steroid dienone is 1. The van der Waals surface area contributed by atoms with E-state index >= 15 is 0 Å². The van der Waals surface area contributed by atoms with Crippen molar-refractivity contribution in [2.45, 2.75) is 58.8 Å². The molecule has 1 fully saturated rings. The molecule has 1 heterocycles. The van der Waals surface area contributed by atoms with E-state index in [2.05, 4.69) is 6.58 Å². The second-order valence-corrected chi connectivity index (χ2v) is 6.84. The standard InChI is InChI=1S/C20H26O5/c1-6-13(4)19(22)24-16-9-11(2)7-15(21)8-12(3)10-17-18(16)14(5)20(23)25-17/h6-7,10,15-18,21H,5,8-9H2,1-4H3. The predicted octanol–water partition coefficient (Wildman–Crippen LogP) is 3.01. The molecule has 1 saturated heterocycles. The predicted molar refractivity (Wildman–Crippen MR) is 94.6 cm³/mol. The van der Waals surface area contributed by atoms with Crippen molar-refractivity contribution in [1.82, 2.24) is 0 Å². The summed E-state index contributed by atoms with van der Waals surface area (Å²) in [5, 5.41) is 10.2. The summed E-state index contributed by atoms with van der Waals surface area (Å²) in [7, 11) is 0. The molecule has 5 heteroatoms. The van der Waals surface area contributed by atoms with Crippen LogP contribution in [-0.4, -0.2) is 35.4 Å². The van der Waals surface area contributed by atoms with Gasteiger partial charge in [-0.25, -0.2) is 9.59 Å². The molecule has 0 spiro atoms. The van der Waals surface area contributed by atoms with Gasteiger partial charge in [-0.15, -0.1) is 0 Å². The zero-order valence-corrected chi connectivity index (χ0v) is 15.2. The maximum atomic E-state index is 12.3. The minimum atomic E-state index is -0.623. The van der Waals surface area contributed by atoms with Crippen LogP contribution in [0.4, 0.5) is 0 Å². The van der Waals surface area contributed by atoms with Gasteiger partial charge in [0.2, 0.25) is 0 Å². The van der Waals surface area contributed by atoms with Crippen molar-refractivity contribution >= 4 is 11.9 Å². The van der Waals surface area contributed by atoms with Gasteiger partial charge in [-0.05, 0) is 40.2 Å². The van der Waals surface area contributed by atoms with E-state index in [1.807, 2.05) is 19.9 Å². The van der Waals surface area contributed by atoms with Gasteiger partial charge >= 0.3 is 11.9 Å². The van der Waals surface area contributed by atoms with Crippen LogP contribution in [0.1, 0.15) is 40.5 Å². The van der Waals surface area contributed by atoms with E-state index in [9.17, 15) is 14.7 Å². The molecule has 1 N–H and O–H groups in total. The van der Waals surface area contributed by atoms with Crippen LogP contribution in [-0.2, 0) is 19.1 Å². The third kappa shape index (κ3) is 4.48. The number of ether oxygens (including phenoxy) is 2.